The second-order valence-corrected chi connectivity index (χ2v) is 18.6. The summed E-state index contributed by atoms with van der Waals surface area (Å²) in [5.41, 5.74) is 2.32. The molecule has 252 valence electrons. The zero-order valence-electron chi connectivity index (χ0n) is 30.6. The van der Waals surface area contributed by atoms with Crippen molar-refractivity contribution in [3.05, 3.63) is 46.5 Å². The van der Waals surface area contributed by atoms with Gasteiger partial charge in [0.15, 0.2) is 0 Å². The highest BCUT2D eigenvalue weighted by atomic mass is 16.2. The van der Waals surface area contributed by atoms with Crippen LogP contribution < -0.4 is 0 Å². The van der Waals surface area contributed by atoms with E-state index in [9.17, 15) is 19.2 Å². The van der Waals surface area contributed by atoms with Crippen LogP contribution in [0.1, 0.15) is 163 Å². The molecular formula is C40H58N2O4. The minimum Gasteiger partial charge on any atom is -0.274 e. The number of rotatable bonds is 12. The third kappa shape index (κ3) is 7.91. The van der Waals surface area contributed by atoms with Gasteiger partial charge in [-0.15, -0.1) is 0 Å². The first-order chi connectivity index (χ1) is 21.0. The Morgan fingerprint density at radius 2 is 0.761 bits per heavy atom. The molecule has 0 spiro atoms. The van der Waals surface area contributed by atoms with Crippen LogP contribution in [0.2, 0.25) is 0 Å². The summed E-state index contributed by atoms with van der Waals surface area (Å²) >= 11 is 0. The van der Waals surface area contributed by atoms with E-state index in [1.165, 1.54) is 9.80 Å². The molecule has 2 unspecified atom stereocenters. The van der Waals surface area contributed by atoms with Crippen LogP contribution in [-0.4, -0.2) is 46.5 Å². The third-order valence-electron chi connectivity index (χ3n) is 9.57. The van der Waals surface area contributed by atoms with Crippen LogP contribution in [0.3, 0.4) is 0 Å². The zero-order valence-corrected chi connectivity index (χ0v) is 30.6. The van der Waals surface area contributed by atoms with Gasteiger partial charge in [0.25, 0.3) is 23.6 Å². The van der Waals surface area contributed by atoms with Gasteiger partial charge < -0.3 is 0 Å². The van der Waals surface area contributed by atoms with Crippen molar-refractivity contribution in [1.29, 1.82) is 0 Å². The molecule has 0 aliphatic carbocycles. The van der Waals surface area contributed by atoms with Crippen molar-refractivity contribution in [1.82, 2.24) is 9.80 Å². The van der Waals surface area contributed by atoms with Gasteiger partial charge in [-0.2, -0.15) is 0 Å². The predicted octanol–water partition coefficient (Wildman–Crippen LogP) is 9.79. The van der Waals surface area contributed by atoms with E-state index in [0.29, 0.717) is 58.0 Å². The molecule has 0 N–H and O–H groups in total. The van der Waals surface area contributed by atoms with Crippen LogP contribution in [0.4, 0.5) is 0 Å². The zero-order chi connectivity index (χ0) is 34.6. The quantitative estimate of drug-likeness (QED) is 0.219. The molecule has 0 saturated carbocycles. The van der Waals surface area contributed by atoms with Gasteiger partial charge in [-0.3, -0.25) is 29.0 Å². The molecule has 2 aliphatic heterocycles. The molecule has 4 amide bonds. The van der Waals surface area contributed by atoms with Gasteiger partial charge in [0.1, 0.15) is 0 Å². The first-order valence-corrected chi connectivity index (χ1v) is 17.3. The van der Waals surface area contributed by atoms with E-state index in [2.05, 4.69) is 83.1 Å². The van der Waals surface area contributed by atoms with Crippen LogP contribution in [0.15, 0.2) is 24.3 Å². The summed E-state index contributed by atoms with van der Waals surface area (Å²) in [6, 6.07) is 6.69. The maximum atomic E-state index is 13.8. The molecule has 2 aliphatic rings. The van der Waals surface area contributed by atoms with Crippen LogP contribution in [0, 0.1) is 33.5 Å². The Balaban J connectivity index is 1.51. The van der Waals surface area contributed by atoms with E-state index in [4.69, 9.17) is 0 Å². The standard InChI is InChI=1S/C40H58N2O4/c1-25(21-39(9,10)23-37(3,4)5)17-19-41-33(43)27-13-15-29-32-30(16-14-28(31(27)32)34(41)44)36(46)42(35(29)45)20-18-26(2)22-40(11,12)24-38(6,7)8/h13-16,25-26H,17-24H2,1-12H3. The first kappa shape index (κ1) is 35.8. The van der Waals surface area contributed by atoms with E-state index < -0.39 is 0 Å². The van der Waals surface area contributed by atoms with Crippen molar-refractivity contribution in [2.24, 2.45) is 33.5 Å². The molecule has 0 radical (unpaired) electrons. The van der Waals surface area contributed by atoms with Crippen molar-refractivity contribution in [3.8, 4) is 0 Å². The minimum absolute atomic E-state index is 0.153. The largest absolute Gasteiger partial charge is 0.274 e. The number of amides is 4. The molecule has 46 heavy (non-hydrogen) atoms. The van der Waals surface area contributed by atoms with E-state index >= 15 is 0 Å². The van der Waals surface area contributed by atoms with Gasteiger partial charge in [-0.1, -0.05) is 83.1 Å². The molecule has 2 heterocycles. The smallest absolute Gasteiger partial charge is 0.261 e. The summed E-state index contributed by atoms with van der Waals surface area (Å²) in [5, 5.41) is 0.888. The molecule has 2 aromatic rings. The summed E-state index contributed by atoms with van der Waals surface area (Å²) in [6.45, 7) is 27.8. The summed E-state index contributed by atoms with van der Waals surface area (Å²) in [7, 11) is 0. The van der Waals surface area contributed by atoms with Crippen molar-refractivity contribution >= 4 is 34.4 Å². The fraction of sp³-hybridized carbons (Fsp3) is 0.650. The number of hydrogen-bond donors (Lipinski definition) is 0. The van der Waals surface area contributed by atoms with Crippen LogP contribution in [0.25, 0.3) is 10.8 Å². The molecule has 2 aromatic carbocycles. The van der Waals surface area contributed by atoms with E-state index in [0.717, 1.165) is 38.5 Å². The lowest BCUT2D eigenvalue weighted by Gasteiger charge is -2.36. The maximum Gasteiger partial charge on any atom is 0.261 e. The SMILES string of the molecule is CC(CCN1C(=O)c2ccc3c4c(ccc(c24)C1=O)C(=O)N(CCC(C)CC(C)(C)CC(C)(C)C)C3=O)CC(C)(C)CC(C)(C)C. The molecule has 4 rings (SSSR count). The van der Waals surface area contributed by atoms with Gasteiger partial charge in [0.2, 0.25) is 0 Å². The van der Waals surface area contributed by atoms with Crippen molar-refractivity contribution in [2.45, 2.75) is 122 Å². The van der Waals surface area contributed by atoms with E-state index in [1.54, 1.807) is 24.3 Å². The summed E-state index contributed by atoms with van der Waals surface area (Å²) in [6.07, 6.45) is 5.64. The second-order valence-electron chi connectivity index (χ2n) is 18.6. The third-order valence-corrected chi connectivity index (χ3v) is 9.57. The molecular weight excluding hydrogens is 572 g/mol. The van der Waals surface area contributed by atoms with Crippen LogP contribution in [-0.2, 0) is 0 Å². The molecule has 0 bridgehead atoms. The van der Waals surface area contributed by atoms with Crippen LogP contribution in [0.5, 0.6) is 0 Å². The highest BCUT2D eigenvalue weighted by Crippen LogP contribution is 2.41. The molecule has 0 saturated heterocycles. The minimum atomic E-state index is -0.351. The van der Waals surface area contributed by atoms with Crippen molar-refractivity contribution in [2.75, 3.05) is 13.1 Å². The molecule has 6 heteroatoms. The topological polar surface area (TPSA) is 74.8 Å². The highest BCUT2D eigenvalue weighted by molar-refractivity contribution is 6.33. The lowest BCUT2D eigenvalue weighted by Crippen LogP contribution is -2.44. The monoisotopic (exact) mass is 630 g/mol. The Morgan fingerprint density at radius 1 is 0.500 bits per heavy atom. The fourth-order valence-corrected chi connectivity index (χ4v) is 9.19. The molecule has 2 atom stereocenters. The van der Waals surface area contributed by atoms with Crippen LogP contribution >= 0.6 is 0 Å². The van der Waals surface area contributed by atoms with E-state index in [-0.39, 0.29) is 45.3 Å². The number of benzene rings is 2. The normalized spacial score (nSPS) is 17.3. The summed E-state index contributed by atoms with van der Waals surface area (Å²) < 4.78 is 0. The Labute approximate surface area is 277 Å². The van der Waals surface area contributed by atoms with Gasteiger partial charge in [0.05, 0.1) is 0 Å². The summed E-state index contributed by atoms with van der Waals surface area (Å²) in [4.78, 5) is 57.7. The molecule has 6 nitrogen and oxygen atoms in total. The van der Waals surface area contributed by atoms with E-state index in [1.807, 2.05) is 0 Å². The van der Waals surface area contributed by atoms with Crippen molar-refractivity contribution in [3.63, 3.8) is 0 Å². The second kappa shape index (κ2) is 12.5. The predicted molar refractivity (Wildman–Crippen MR) is 187 cm³/mol. The number of imide groups is 2. The first-order valence-electron chi connectivity index (χ1n) is 17.3. The average Bonchev–Trinajstić information content (AvgIpc) is 2.86. The maximum absolute atomic E-state index is 13.8. The molecule has 0 aromatic heterocycles. The van der Waals surface area contributed by atoms with Gasteiger partial charge >= 0.3 is 0 Å². The Bertz CT molecular complexity index is 1350. The summed E-state index contributed by atoms with van der Waals surface area (Å²) in [5.74, 6) is -0.730. The lowest BCUT2D eigenvalue weighted by atomic mass is 9.71. The average molecular weight is 631 g/mol. The lowest BCUT2D eigenvalue weighted by molar-refractivity contribution is 0.0575. The fourth-order valence-electron chi connectivity index (χ4n) is 9.19. The Hall–Kier alpha value is -3.02. The number of hydrogen-bond acceptors (Lipinski definition) is 4. The van der Waals surface area contributed by atoms with Gasteiger partial charge in [0, 0.05) is 46.1 Å². The van der Waals surface area contributed by atoms with Crippen molar-refractivity contribution < 1.29 is 19.2 Å². The Kier molecular flexibility index (Phi) is 9.77. The van der Waals surface area contributed by atoms with Gasteiger partial charge in [-0.05, 0) is 96.3 Å². The number of carbonyl (C=O) groups excluding carboxylic acids is 4. The number of nitrogens with zero attached hydrogens (tertiary/aromatic N) is 2. The Morgan fingerprint density at radius 3 is 1.00 bits per heavy atom. The highest BCUT2D eigenvalue weighted by Gasteiger charge is 2.40. The van der Waals surface area contributed by atoms with Gasteiger partial charge in [-0.25, -0.2) is 0 Å². The number of carbonyl (C=O) groups is 4. The molecule has 0 fully saturated rings.